The molecule has 2 rings (SSSR count). The van der Waals surface area contributed by atoms with Crippen LogP contribution in [0.2, 0.25) is 5.02 Å². The Morgan fingerprint density at radius 1 is 1.20 bits per heavy atom. The van der Waals surface area contributed by atoms with Crippen molar-refractivity contribution in [1.82, 2.24) is 0 Å². The third-order valence-corrected chi connectivity index (χ3v) is 4.77. The van der Waals surface area contributed by atoms with Gasteiger partial charge >= 0.3 is 0 Å². The number of hydrogen-bond donors (Lipinski definition) is 2. The number of nitrogens with two attached hydrogens (primary N) is 1. The van der Waals surface area contributed by atoms with Crippen molar-refractivity contribution in [2.75, 3.05) is 10.5 Å². The topological polar surface area (TPSA) is 72.2 Å². The standard InChI is InChI=1S/C12H9BrClFN2O2S/c13-9-5-7(1-3-11(9)15)17-20(18,19)8-2-4-12(16)10(14)6-8/h1-6,17H,16H2. The molecule has 0 saturated heterocycles. The Morgan fingerprint density at radius 2 is 1.90 bits per heavy atom. The molecule has 0 amide bonds. The predicted molar refractivity (Wildman–Crippen MR) is 80.8 cm³/mol. The fourth-order valence-electron chi connectivity index (χ4n) is 1.45. The summed E-state index contributed by atoms with van der Waals surface area (Å²) >= 11 is 8.78. The highest BCUT2D eigenvalue weighted by Crippen LogP contribution is 2.25. The zero-order chi connectivity index (χ0) is 14.9. The molecule has 0 aromatic heterocycles. The zero-order valence-electron chi connectivity index (χ0n) is 9.90. The normalized spacial score (nSPS) is 11.3. The molecule has 0 aliphatic rings. The van der Waals surface area contributed by atoms with Crippen molar-refractivity contribution in [1.29, 1.82) is 0 Å². The van der Waals surface area contributed by atoms with E-state index < -0.39 is 15.8 Å². The molecule has 106 valence electrons. The van der Waals surface area contributed by atoms with Gasteiger partial charge in [0.05, 0.1) is 25.8 Å². The smallest absolute Gasteiger partial charge is 0.261 e. The number of benzene rings is 2. The monoisotopic (exact) mass is 378 g/mol. The molecule has 8 heteroatoms. The Labute approximate surface area is 128 Å². The summed E-state index contributed by atoms with van der Waals surface area (Å²) in [7, 11) is -3.82. The first-order valence-electron chi connectivity index (χ1n) is 5.32. The van der Waals surface area contributed by atoms with Gasteiger partial charge in [-0.25, -0.2) is 12.8 Å². The maximum Gasteiger partial charge on any atom is 0.261 e. The van der Waals surface area contributed by atoms with Gasteiger partial charge in [0.1, 0.15) is 5.82 Å². The van der Waals surface area contributed by atoms with Crippen molar-refractivity contribution in [2.24, 2.45) is 0 Å². The van der Waals surface area contributed by atoms with Gasteiger partial charge < -0.3 is 5.73 Å². The van der Waals surface area contributed by atoms with E-state index in [0.717, 1.165) is 6.07 Å². The Hall–Kier alpha value is -1.31. The van der Waals surface area contributed by atoms with E-state index in [0.29, 0.717) is 0 Å². The predicted octanol–water partition coefficient (Wildman–Crippen LogP) is 3.62. The van der Waals surface area contributed by atoms with Gasteiger partial charge in [0, 0.05) is 0 Å². The van der Waals surface area contributed by atoms with Gasteiger partial charge in [0.15, 0.2) is 0 Å². The Kier molecular flexibility index (Phi) is 4.22. The first-order valence-corrected chi connectivity index (χ1v) is 7.98. The van der Waals surface area contributed by atoms with E-state index in [9.17, 15) is 12.8 Å². The van der Waals surface area contributed by atoms with Crippen LogP contribution in [0.5, 0.6) is 0 Å². The number of hydrogen-bond acceptors (Lipinski definition) is 3. The summed E-state index contributed by atoms with van der Waals surface area (Å²) in [5.74, 6) is -0.483. The molecule has 20 heavy (non-hydrogen) atoms. The highest BCUT2D eigenvalue weighted by atomic mass is 79.9. The van der Waals surface area contributed by atoms with E-state index in [-0.39, 0.29) is 25.8 Å². The van der Waals surface area contributed by atoms with E-state index in [1.54, 1.807) is 0 Å². The van der Waals surface area contributed by atoms with Gasteiger partial charge in [-0.05, 0) is 52.3 Å². The molecule has 0 spiro atoms. The molecule has 0 aliphatic carbocycles. The largest absolute Gasteiger partial charge is 0.398 e. The van der Waals surface area contributed by atoms with Crippen LogP contribution in [0.15, 0.2) is 45.8 Å². The van der Waals surface area contributed by atoms with Gasteiger partial charge in [-0.2, -0.15) is 0 Å². The second kappa shape index (κ2) is 5.59. The molecule has 0 saturated carbocycles. The highest BCUT2D eigenvalue weighted by Gasteiger charge is 2.16. The molecular formula is C12H9BrClFN2O2S. The summed E-state index contributed by atoms with van der Waals surface area (Å²) in [6.07, 6.45) is 0. The zero-order valence-corrected chi connectivity index (χ0v) is 13.1. The van der Waals surface area contributed by atoms with Crippen LogP contribution in [0.3, 0.4) is 0 Å². The van der Waals surface area contributed by atoms with Crippen LogP contribution in [0, 0.1) is 5.82 Å². The van der Waals surface area contributed by atoms with E-state index in [4.69, 9.17) is 17.3 Å². The Balaban J connectivity index is 2.35. The van der Waals surface area contributed by atoms with Crippen LogP contribution >= 0.6 is 27.5 Å². The molecular weight excluding hydrogens is 371 g/mol. The quantitative estimate of drug-likeness (QED) is 0.800. The van der Waals surface area contributed by atoms with Crippen molar-refractivity contribution in [3.8, 4) is 0 Å². The van der Waals surface area contributed by atoms with Gasteiger partial charge in [-0.3, -0.25) is 4.72 Å². The lowest BCUT2D eigenvalue weighted by atomic mass is 10.3. The third-order valence-electron chi connectivity index (χ3n) is 2.45. The van der Waals surface area contributed by atoms with Crippen molar-refractivity contribution in [3.63, 3.8) is 0 Å². The fourth-order valence-corrected chi connectivity index (χ4v) is 3.15. The average Bonchev–Trinajstić information content (AvgIpc) is 2.37. The third kappa shape index (κ3) is 3.23. The number of anilines is 2. The summed E-state index contributed by atoms with van der Waals surface area (Å²) in [5.41, 5.74) is 6.04. The van der Waals surface area contributed by atoms with Crippen LogP contribution in [0.25, 0.3) is 0 Å². The summed E-state index contributed by atoms with van der Waals surface area (Å²) in [5, 5.41) is 0.146. The van der Waals surface area contributed by atoms with Crippen LogP contribution < -0.4 is 10.5 Å². The van der Waals surface area contributed by atoms with Crippen LogP contribution in [0.1, 0.15) is 0 Å². The second-order valence-electron chi connectivity index (χ2n) is 3.92. The first-order chi connectivity index (χ1) is 9.29. The summed E-state index contributed by atoms with van der Waals surface area (Å²) in [4.78, 5) is -0.0304. The second-order valence-corrected chi connectivity index (χ2v) is 6.86. The molecule has 0 fully saturated rings. The van der Waals surface area contributed by atoms with Crippen molar-refractivity contribution >= 4 is 48.9 Å². The molecule has 0 heterocycles. The fraction of sp³-hybridized carbons (Fsp3) is 0. The molecule has 2 aromatic rings. The molecule has 4 nitrogen and oxygen atoms in total. The van der Waals surface area contributed by atoms with Crippen LogP contribution in [-0.4, -0.2) is 8.42 Å². The first kappa shape index (κ1) is 15.1. The number of nitrogens with one attached hydrogen (secondary N) is 1. The van der Waals surface area contributed by atoms with Crippen molar-refractivity contribution in [3.05, 3.63) is 51.7 Å². The molecule has 3 N–H and O–H groups in total. The van der Waals surface area contributed by atoms with Crippen molar-refractivity contribution in [2.45, 2.75) is 4.90 Å². The maximum absolute atomic E-state index is 13.1. The molecule has 0 bridgehead atoms. The van der Waals surface area contributed by atoms with Crippen LogP contribution in [0.4, 0.5) is 15.8 Å². The Bertz CT molecular complexity index is 768. The molecule has 2 aromatic carbocycles. The molecule has 0 aliphatic heterocycles. The SMILES string of the molecule is Nc1ccc(S(=O)(=O)Nc2ccc(F)c(Br)c2)cc1Cl. The number of rotatable bonds is 3. The summed E-state index contributed by atoms with van der Waals surface area (Å²) in [6, 6.07) is 7.78. The van der Waals surface area contributed by atoms with Gasteiger partial charge in [-0.1, -0.05) is 11.6 Å². The van der Waals surface area contributed by atoms with E-state index >= 15 is 0 Å². The maximum atomic E-state index is 13.1. The number of halogens is 3. The van der Waals surface area contributed by atoms with Gasteiger partial charge in [0.2, 0.25) is 0 Å². The highest BCUT2D eigenvalue weighted by molar-refractivity contribution is 9.10. The number of nitrogen functional groups attached to an aromatic ring is 1. The lowest BCUT2D eigenvalue weighted by Crippen LogP contribution is -2.13. The van der Waals surface area contributed by atoms with Gasteiger partial charge in [0.25, 0.3) is 10.0 Å². The lowest BCUT2D eigenvalue weighted by molar-refractivity contribution is 0.601. The minimum Gasteiger partial charge on any atom is -0.398 e. The summed E-state index contributed by atoms with van der Waals surface area (Å²) in [6.45, 7) is 0. The number of sulfonamides is 1. The minimum atomic E-state index is -3.82. The van der Waals surface area contributed by atoms with Crippen LogP contribution in [-0.2, 0) is 10.0 Å². The minimum absolute atomic E-state index is 0.0304. The summed E-state index contributed by atoms with van der Waals surface area (Å²) < 4.78 is 39.9. The van der Waals surface area contributed by atoms with E-state index in [2.05, 4.69) is 20.7 Å². The van der Waals surface area contributed by atoms with Gasteiger partial charge in [-0.15, -0.1) is 0 Å². The van der Waals surface area contributed by atoms with Crippen molar-refractivity contribution < 1.29 is 12.8 Å². The van der Waals surface area contributed by atoms with E-state index in [1.165, 1.54) is 30.3 Å². The molecule has 0 radical (unpaired) electrons. The average molecular weight is 380 g/mol. The van der Waals surface area contributed by atoms with E-state index in [1.807, 2.05) is 0 Å². The lowest BCUT2D eigenvalue weighted by Gasteiger charge is -2.09. The molecule has 0 atom stereocenters. The Morgan fingerprint density at radius 3 is 2.50 bits per heavy atom. The molecule has 0 unspecified atom stereocenters.